The topological polar surface area (TPSA) is 57.2 Å². The molecule has 2 rings (SSSR count). The van der Waals surface area contributed by atoms with Gasteiger partial charge in [0.25, 0.3) is 0 Å². The Morgan fingerprint density at radius 3 is 1.85 bits per heavy atom. The molecule has 2 aromatic rings. The first kappa shape index (κ1) is 24.6. The maximum atomic E-state index is 11.7. The minimum Gasteiger partial charge on any atom is -0.744 e. The fraction of sp³-hybridized carbons (Fsp3) is 0.545. The van der Waals surface area contributed by atoms with Crippen LogP contribution in [0.25, 0.3) is 10.8 Å². The van der Waals surface area contributed by atoms with Gasteiger partial charge in [-0.1, -0.05) is 76.6 Å². The van der Waals surface area contributed by atoms with Crippen molar-refractivity contribution in [2.75, 3.05) is 0 Å². The summed E-state index contributed by atoms with van der Waals surface area (Å²) in [6.07, 6.45) is 11.2. The van der Waals surface area contributed by atoms with Crippen LogP contribution in [-0.2, 0) is 23.0 Å². The van der Waals surface area contributed by atoms with Gasteiger partial charge in [-0.05, 0) is 53.6 Å². The van der Waals surface area contributed by atoms with Crippen molar-refractivity contribution in [2.45, 2.75) is 83.0 Å². The maximum Gasteiger partial charge on any atom is 1.00 e. The SMILES string of the molecule is CCCCCCc1cccc2c(S(=O)(=O)[O-])ccc(CCCCCC)c12.[Na+]. The van der Waals surface area contributed by atoms with Crippen molar-refractivity contribution in [1.82, 2.24) is 0 Å². The first-order chi connectivity index (χ1) is 12.5. The van der Waals surface area contributed by atoms with Crippen molar-refractivity contribution in [3.63, 3.8) is 0 Å². The molecule has 0 saturated heterocycles. The van der Waals surface area contributed by atoms with Crippen LogP contribution in [-0.4, -0.2) is 13.0 Å². The molecule has 0 aromatic heterocycles. The van der Waals surface area contributed by atoms with Crippen molar-refractivity contribution >= 4 is 20.9 Å². The van der Waals surface area contributed by atoms with Crippen LogP contribution in [0, 0.1) is 0 Å². The molecule has 27 heavy (non-hydrogen) atoms. The van der Waals surface area contributed by atoms with Gasteiger partial charge >= 0.3 is 29.6 Å². The van der Waals surface area contributed by atoms with E-state index in [0.29, 0.717) is 5.39 Å². The Morgan fingerprint density at radius 2 is 1.33 bits per heavy atom. The summed E-state index contributed by atoms with van der Waals surface area (Å²) < 4.78 is 35.1. The molecule has 0 unspecified atom stereocenters. The van der Waals surface area contributed by atoms with Crippen LogP contribution < -0.4 is 29.6 Å². The molecular weight excluding hydrogens is 367 g/mol. The summed E-state index contributed by atoms with van der Waals surface area (Å²) in [5.41, 5.74) is 2.35. The van der Waals surface area contributed by atoms with E-state index in [1.165, 1.54) is 55.7 Å². The second-order valence-corrected chi connectivity index (χ2v) is 8.49. The van der Waals surface area contributed by atoms with Gasteiger partial charge in [-0.15, -0.1) is 0 Å². The molecule has 0 radical (unpaired) electrons. The van der Waals surface area contributed by atoms with Crippen molar-refractivity contribution in [3.8, 4) is 0 Å². The predicted octanol–water partition coefficient (Wildman–Crippen LogP) is 2.99. The monoisotopic (exact) mass is 398 g/mol. The third kappa shape index (κ3) is 7.17. The molecule has 0 atom stereocenters. The fourth-order valence-electron chi connectivity index (χ4n) is 3.65. The van der Waals surface area contributed by atoms with Crippen molar-refractivity contribution < 1.29 is 42.5 Å². The normalized spacial score (nSPS) is 11.5. The van der Waals surface area contributed by atoms with Crippen LogP contribution in [0.15, 0.2) is 35.2 Å². The van der Waals surface area contributed by atoms with Gasteiger partial charge in [0, 0.05) is 0 Å². The summed E-state index contributed by atoms with van der Waals surface area (Å²) in [6, 6.07) is 9.11. The minimum absolute atomic E-state index is 0. The molecule has 0 fully saturated rings. The number of benzene rings is 2. The largest absolute Gasteiger partial charge is 1.00 e. The van der Waals surface area contributed by atoms with Crippen LogP contribution in [0.5, 0.6) is 0 Å². The van der Waals surface area contributed by atoms with E-state index in [4.69, 9.17) is 0 Å². The predicted molar refractivity (Wildman–Crippen MR) is 108 cm³/mol. The standard InChI is InChI=1S/C22H32O3S.Na/c1-3-5-7-9-12-18-14-11-15-20-21(26(23,24)25)17-16-19(22(18)20)13-10-8-6-4-2;/h11,14-17H,3-10,12-13H2,1-2H3,(H,23,24,25);/q;+1/p-1. The number of hydrogen-bond acceptors (Lipinski definition) is 3. The van der Waals surface area contributed by atoms with E-state index in [1.54, 1.807) is 6.07 Å². The average Bonchev–Trinajstić information content (AvgIpc) is 2.61. The van der Waals surface area contributed by atoms with E-state index >= 15 is 0 Å². The molecular formula is C22H31NaO3S. The van der Waals surface area contributed by atoms with Crippen LogP contribution in [0.4, 0.5) is 0 Å². The van der Waals surface area contributed by atoms with Gasteiger partial charge in [0.2, 0.25) is 0 Å². The summed E-state index contributed by atoms with van der Waals surface area (Å²) >= 11 is 0. The molecule has 2 aromatic carbocycles. The van der Waals surface area contributed by atoms with E-state index in [-0.39, 0.29) is 34.5 Å². The Hall–Kier alpha value is -0.390. The molecule has 0 amide bonds. The Morgan fingerprint density at radius 1 is 0.778 bits per heavy atom. The van der Waals surface area contributed by atoms with Gasteiger partial charge in [-0.2, -0.15) is 0 Å². The number of aryl methyl sites for hydroxylation is 2. The van der Waals surface area contributed by atoms with Gasteiger partial charge in [0.1, 0.15) is 10.1 Å². The first-order valence-electron chi connectivity index (χ1n) is 9.98. The molecule has 0 aliphatic carbocycles. The third-order valence-corrected chi connectivity index (χ3v) is 5.94. The number of rotatable bonds is 11. The smallest absolute Gasteiger partial charge is 0.744 e. The summed E-state index contributed by atoms with van der Waals surface area (Å²) in [5.74, 6) is 0. The van der Waals surface area contributed by atoms with Crippen molar-refractivity contribution in [3.05, 3.63) is 41.5 Å². The second-order valence-electron chi connectivity index (χ2n) is 7.14. The molecule has 5 heteroatoms. The molecule has 0 heterocycles. The van der Waals surface area contributed by atoms with Crippen LogP contribution in [0.3, 0.4) is 0 Å². The second kappa shape index (κ2) is 12.2. The number of fused-ring (bicyclic) bond motifs is 1. The van der Waals surface area contributed by atoms with E-state index in [9.17, 15) is 13.0 Å². The van der Waals surface area contributed by atoms with Crippen molar-refractivity contribution in [1.29, 1.82) is 0 Å². The fourth-order valence-corrected chi connectivity index (χ4v) is 4.33. The Labute approximate surface area is 187 Å². The summed E-state index contributed by atoms with van der Waals surface area (Å²) in [4.78, 5) is -0.0831. The third-order valence-electron chi connectivity index (χ3n) is 5.04. The molecule has 3 nitrogen and oxygen atoms in total. The van der Waals surface area contributed by atoms with Crippen LogP contribution in [0.1, 0.15) is 76.3 Å². The maximum absolute atomic E-state index is 11.7. The summed E-state index contributed by atoms with van der Waals surface area (Å²) in [6.45, 7) is 4.38. The molecule has 0 bridgehead atoms. The quantitative estimate of drug-likeness (QED) is 0.332. The number of hydrogen-bond donors (Lipinski definition) is 0. The molecule has 144 valence electrons. The summed E-state index contributed by atoms with van der Waals surface area (Å²) in [7, 11) is -4.47. The molecule has 0 aliphatic rings. The Balaban J connectivity index is 0.00000364. The van der Waals surface area contributed by atoms with E-state index in [1.807, 2.05) is 12.1 Å². The van der Waals surface area contributed by atoms with Gasteiger partial charge in [-0.25, -0.2) is 8.42 Å². The minimum atomic E-state index is -4.47. The van der Waals surface area contributed by atoms with E-state index < -0.39 is 10.1 Å². The first-order valence-corrected chi connectivity index (χ1v) is 11.4. The van der Waals surface area contributed by atoms with E-state index in [2.05, 4.69) is 19.9 Å². The number of unbranched alkanes of at least 4 members (excludes halogenated alkanes) is 6. The van der Waals surface area contributed by atoms with Crippen LogP contribution in [0.2, 0.25) is 0 Å². The van der Waals surface area contributed by atoms with Gasteiger partial charge in [-0.3, -0.25) is 0 Å². The zero-order valence-corrected chi connectivity index (χ0v) is 19.9. The van der Waals surface area contributed by atoms with Gasteiger partial charge in [0.05, 0.1) is 4.90 Å². The molecule has 0 aliphatic heterocycles. The zero-order valence-electron chi connectivity index (χ0n) is 17.1. The van der Waals surface area contributed by atoms with E-state index in [0.717, 1.165) is 31.1 Å². The Kier molecular flexibility index (Phi) is 11.2. The van der Waals surface area contributed by atoms with Crippen LogP contribution >= 0.6 is 0 Å². The summed E-state index contributed by atoms with van der Waals surface area (Å²) in [5, 5.41) is 1.60. The molecule has 0 spiro atoms. The van der Waals surface area contributed by atoms with Crippen molar-refractivity contribution in [2.24, 2.45) is 0 Å². The molecule has 0 saturated carbocycles. The molecule has 0 N–H and O–H groups in total. The van der Waals surface area contributed by atoms with Gasteiger partial charge < -0.3 is 4.55 Å². The van der Waals surface area contributed by atoms with Gasteiger partial charge in [0.15, 0.2) is 0 Å². The zero-order chi connectivity index (χ0) is 19.0. The Bertz CT molecular complexity index is 797. The average molecular weight is 399 g/mol.